The quantitative estimate of drug-likeness (QED) is 0.708. The van der Waals surface area contributed by atoms with Crippen LogP contribution in [0.2, 0.25) is 0 Å². The normalized spacial score (nSPS) is 22.2. The molecule has 2 aliphatic heterocycles. The third kappa shape index (κ3) is 5.39. The second-order valence-corrected chi connectivity index (χ2v) is 9.24. The van der Waals surface area contributed by atoms with E-state index in [0.29, 0.717) is 12.5 Å². The molecule has 1 amide bonds. The predicted molar refractivity (Wildman–Crippen MR) is 113 cm³/mol. The van der Waals surface area contributed by atoms with E-state index in [4.69, 9.17) is 14.6 Å². The van der Waals surface area contributed by atoms with Crippen LogP contribution in [0.3, 0.4) is 0 Å². The van der Waals surface area contributed by atoms with Crippen LogP contribution >= 0.6 is 11.3 Å². The lowest BCUT2D eigenvalue weighted by atomic mass is 9.81. The Morgan fingerprint density at radius 2 is 2.09 bits per heavy atom. The molecule has 4 rings (SSSR count). The van der Waals surface area contributed by atoms with Gasteiger partial charge in [-0.25, -0.2) is 9.78 Å². The van der Waals surface area contributed by atoms with E-state index in [2.05, 4.69) is 24.1 Å². The Bertz CT molecular complexity index is 947. The van der Waals surface area contributed by atoms with Gasteiger partial charge in [0, 0.05) is 42.0 Å². The van der Waals surface area contributed by atoms with Crippen molar-refractivity contribution in [1.82, 2.24) is 9.88 Å². The number of amides is 1. The number of hydrogen-bond donors (Lipinski definition) is 2. The highest BCUT2D eigenvalue weighted by Gasteiger charge is 2.51. The molecular formula is C21H24F3N3O4S. The zero-order valence-corrected chi connectivity index (χ0v) is 18.4. The number of hydrogen-bond acceptors (Lipinski definition) is 6. The molecule has 2 aliphatic rings. The second kappa shape index (κ2) is 9.45. The Hall–Kier alpha value is -2.66. The smallest absolute Gasteiger partial charge is 0.475 e. The van der Waals surface area contributed by atoms with Gasteiger partial charge in [0.15, 0.2) is 0 Å². The van der Waals surface area contributed by atoms with Gasteiger partial charge in [0.2, 0.25) is 0 Å². The van der Waals surface area contributed by atoms with Gasteiger partial charge >= 0.3 is 12.1 Å². The van der Waals surface area contributed by atoms with Crippen LogP contribution in [0.5, 0.6) is 0 Å². The molecule has 0 spiro atoms. The fourth-order valence-electron chi connectivity index (χ4n) is 3.81. The van der Waals surface area contributed by atoms with Gasteiger partial charge in [0.25, 0.3) is 5.91 Å². The SMILES string of the molecule is Cc1cc(C(=O)N2C[C@@H]3COC[C@]3(CNc3ccccn3)C2)sc1C.O=C(O)C(F)(F)F. The van der Waals surface area contributed by atoms with Gasteiger partial charge in [-0.05, 0) is 37.6 Å². The van der Waals surface area contributed by atoms with Crippen LogP contribution in [-0.2, 0) is 9.53 Å². The first-order valence-corrected chi connectivity index (χ1v) is 10.7. The average Bonchev–Trinajstić information content (AvgIpc) is 3.39. The molecule has 7 nitrogen and oxygen atoms in total. The summed E-state index contributed by atoms with van der Waals surface area (Å²) in [5.41, 5.74) is 1.18. The summed E-state index contributed by atoms with van der Waals surface area (Å²) in [5, 5.41) is 10.6. The van der Waals surface area contributed by atoms with E-state index in [9.17, 15) is 18.0 Å². The molecule has 0 saturated carbocycles. The number of carbonyl (C=O) groups is 2. The Morgan fingerprint density at radius 1 is 1.38 bits per heavy atom. The van der Waals surface area contributed by atoms with Gasteiger partial charge in [-0.2, -0.15) is 13.2 Å². The van der Waals surface area contributed by atoms with E-state index in [1.807, 2.05) is 29.2 Å². The van der Waals surface area contributed by atoms with Crippen molar-refractivity contribution in [3.05, 3.63) is 45.8 Å². The van der Waals surface area contributed by atoms with Crippen molar-refractivity contribution in [2.45, 2.75) is 20.0 Å². The summed E-state index contributed by atoms with van der Waals surface area (Å²) in [6.45, 7) is 7.86. The van der Waals surface area contributed by atoms with Gasteiger partial charge in [0.1, 0.15) is 5.82 Å². The molecule has 32 heavy (non-hydrogen) atoms. The Labute approximate surface area is 187 Å². The van der Waals surface area contributed by atoms with Crippen LogP contribution in [0, 0.1) is 25.2 Å². The Kier molecular flexibility index (Phi) is 7.09. The number of aliphatic carboxylic acids is 1. The van der Waals surface area contributed by atoms with E-state index < -0.39 is 12.1 Å². The molecule has 11 heteroatoms. The van der Waals surface area contributed by atoms with E-state index in [1.165, 1.54) is 10.4 Å². The third-order valence-electron chi connectivity index (χ3n) is 5.71. The van der Waals surface area contributed by atoms with Crippen molar-refractivity contribution in [2.75, 3.05) is 38.2 Å². The van der Waals surface area contributed by atoms with Crippen LogP contribution in [0.25, 0.3) is 0 Å². The number of carbonyl (C=O) groups excluding carboxylic acids is 1. The molecule has 174 valence electrons. The number of nitrogens with one attached hydrogen (secondary N) is 1. The molecule has 0 bridgehead atoms. The number of fused-ring (bicyclic) bond motifs is 1. The highest BCUT2D eigenvalue weighted by atomic mass is 32.1. The molecule has 0 unspecified atom stereocenters. The van der Waals surface area contributed by atoms with Gasteiger partial charge in [-0.3, -0.25) is 4.79 Å². The highest BCUT2D eigenvalue weighted by molar-refractivity contribution is 7.14. The summed E-state index contributed by atoms with van der Waals surface area (Å²) in [4.78, 5) is 30.2. The number of thiophene rings is 1. The Balaban J connectivity index is 0.000000360. The lowest BCUT2D eigenvalue weighted by Gasteiger charge is -2.27. The van der Waals surface area contributed by atoms with Crippen molar-refractivity contribution in [3.63, 3.8) is 0 Å². The van der Waals surface area contributed by atoms with Gasteiger partial charge in [-0.1, -0.05) is 6.07 Å². The first kappa shape index (κ1) is 24.0. The fraction of sp³-hybridized carbons (Fsp3) is 0.476. The standard InChI is InChI=1S/C19H23N3O2S.C2HF3O2/c1-13-7-16(25-14(13)2)18(23)22-8-15-9-24-12-19(15,11-22)10-21-17-5-3-4-6-20-17;3-2(4,5)1(6)7/h3-7,15H,8-12H2,1-2H3,(H,20,21);(H,6,7)/t15-,19+;/m1./s1. The number of nitrogens with zero attached hydrogens (tertiary/aromatic N) is 2. The lowest BCUT2D eigenvalue weighted by Crippen LogP contribution is -2.39. The van der Waals surface area contributed by atoms with Crippen LogP contribution in [0.4, 0.5) is 19.0 Å². The average molecular weight is 472 g/mol. The molecule has 0 aromatic carbocycles. The zero-order valence-electron chi connectivity index (χ0n) is 17.6. The molecule has 0 radical (unpaired) electrons. The van der Waals surface area contributed by atoms with Crippen molar-refractivity contribution < 1.29 is 32.6 Å². The molecule has 2 aromatic heterocycles. The second-order valence-electron chi connectivity index (χ2n) is 7.98. The molecule has 2 fully saturated rings. The minimum atomic E-state index is -5.08. The van der Waals surface area contributed by atoms with E-state index in [0.717, 1.165) is 36.9 Å². The number of likely N-dealkylation sites (tertiary alicyclic amines) is 1. The summed E-state index contributed by atoms with van der Waals surface area (Å²) in [6.07, 6.45) is -3.30. The fourth-order valence-corrected chi connectivity index (χ4v) is 4.81. The van der Waals surface area contributed by atoms with Crippen LogP contribution < -0.4 is 5.32 Å². The number of ether oxygens (including phenoxy) is 1. The molecule has 4 heterocycles. The summed E-state index contributed by atoms with van der Waals surface area (Å²) in [7, 11) is 0. The van der Waals surface area contributed by atoms with Crippen molar-refractivity contribution >= 4 is 29.0 Å². The molecule has 2 N–H and O–H groups in total. The number of halogens is 3. The monoisotopic (exact) mass is 471 g/mol. The minimum Gasteiger partial charge on any atom is -0.475 e. The molecule has 2 aromatic rings. The van der Waals surface area contributed by atoms with E-state index in [-0.39, 0.29) is 11.3 Å². The summed E-state index contributed by atoms with van der Waals surface area (Å²) < 4.78 is 37.5. The number of carboxylic acid groups (broad SMARTS) is 1. The third-order valence-corrected chi connectivity index (χ3v) is 6.85. The largest absolute Gasteiger partial charge is 0.490 e. The molecule has 2 saturated heterocycles. The first-order valence-electron chi connectivity index (χ1n) is 9.91. The number of alkyl halides is 3. The van der Waals surface area contributed by atoms with E-state index in [1.54, 1.807) is 17.5 Å². The number of pyridine rings is 1. The first-order chi connectivity index (χ1) is 15.0. The predicted octanol–water partition coefficient (Wildman–Crippen LogP) is 3.59. The maximum atomic E-state index is 12.9. The summed E-state index contributed by atoms with van der Waals surface area (Å²) in [5.74, 6) is -1.34. The maximum Gasteiger partial charge on any atom is 0.490 e. The number of aromatic nitrogens is 1. The number of rotatable bonds is 4. The van der Waals surface area contributed by atoms with Crippen LogP contribution in [-0.4, -0.2) is 65.9 Å². The number of aryl methyl sites for hydroxylation is 2. The summed E-state index contributed by atoms with van der Waals surface area (Å²) >= 11 is 1.60. The molecule has 2 atom stereocenters. The van der Waals surface area contributed by atoms with Crippen molar-refractivity contribution in [1.29, 1.82) is 0 Å². The van der Waals surface area contributed by atoms with Gasteiger partial charge in [0.05, 0.1) is 18.1 Å². The lowest BCUT2D eigenvalue weighted by molar-refractivity contribution is -0.192. The van der Waals surface area contributed by atoms with Crippen LogP contribution in [0.15, 0.2) is 30.5 Å². The minimum absolute atomic E-state index is 0.0193. The van der Waals surface area contributed by atoms with Crippen LogP contribution in [0.1, 0.15) is 20.1 Å². The number of carboxylic acids is 1. The van der Waals surface area contributed by atoms with Gasteiger partial charge in [-0.15, -0.1) is 11.3 Å². The Morgan fingerprint density at radius 3 is 2.66 bits per heavy atom. The number of anilines is 1. The maximum absolute atomic E-state index is 12.9. The zero-order chi connectivity index (χ0) is 23.5. The van der Waals surface area contributed by atoms with Crippen molar-refractivity contribution in [3.8, 4) is 0 Å². The highest BCUT2D eigenvalue weighted by Crippen LogP contribution is 2.42. The molecular weight excluding hydrogens is 447 g/mol. The topological polar surface area (TPSA) is 91.8 Å². The van der Waals surface area contributed by atoms with E-state index >= 15 is 0 Å². The molecule has 0 aliphatic carbocycles. The van der Waals surface area contributed by atoms with Gasteiger partial charge < -0.3 is 20.1 Å². The van der Waals surface area contributed by atoms with Crippen molar-refractivity contribution in [2.24, 2.45) is 11.3 Å². The summed E-state index contributed by atoms with van der Waals surface area (Å²) in [6, 6.07) is 7.87.